The molecule has 0 aromatic carbocycles. The molecule has 19 heavy (non-hydrogen) atoms. The van der Waals surface area contributed by atoms with E-state index in [1.54, 1.807) is 0 Å². The largest absolute Gasteiger partial charge is 0.273 e. The minimum absolute atomic E-state index is 0.187. The molecule has 4 fully saturated rings. The molecule has 4 aliphatic carbocycles. The summed E-state index contributed by atoms with van der Waals surface area (Å²) >= 11 is 0. The average molecular weight is 260 g/mol. The van der Waals surface area contributed by atoms with Gasteiger partial charge in [0.05, 0.1) is 0 Å². The average Bonchev–Trinajstić information content (AvgIpc) is 3.18. The van der Waals surface area contributed by atoms with Gasteiger partial charge in [-0.25, -0.2) is 5.43 Å². The van der Waals surface area contributed by atoms with Gasteiger partial charge < -0.3 is 0 Å². The van der Waals surface area contributed by atoms with Crippen molar-refractivity contribution in [3.8, 4) is 0 Å². The van der Waals surface area contributed by atoms with Crippen LogP contribution in [0.3, 0.4) is 0 Å². The Morgan fingerprint density at radius 1 is 0.947 bits per heavy atom. The van der Waals surface area contributed by atoms with Crippen LogP contribution in [0.1, 0.15) is 51.4 Å². The van der Waals surface area contributed by atoms with Crippen LogP contribution in [0.2, 0.25) is 0 Å². The van der Waals surface area contributed by atoms with Gasteiger partial charge in [0.1, 0.15) is 0 Å². The maximum absolute atomic E-state index is 12.1. The molecule has 0 heterocycles. The summed E-state index contributed by atoms with van der Waals surface area (Å²) in [5.74, 6) is 4.37. The normalized spacial score (nSPS) is 47.4. The van der Waals surface area contributed by atoms with Crippen molar-refractivity contribution in [3.63, 3.8) is 0 Å². The van der Waals surface area contributed by atoms with Crippen molar-refractivity contribution in [2.24, 2.45) is 40.6 Å². The highest BCUT2D eigenvalue weighted by atomic mass is 16.2. The van der Waals surface area contributed by atoms with E-state index in [1.165, 1.54) is 44.9 Å². The van der Waals surface area contributed by atoms with Crippen LogP contribution in [-0.2, 0) is 4.79 Å². The number of carbonyl (C=O) groups is 1. The van der Waals surface area contributed by atoms with E-state index in [4.69, 9.17) is 0 Å². The molecule has 6 atom stereocenters. The first kappa shape index (κ1) is 11.9. The fourth-order valence-corrected chi connectivity index (χ4v) is 5.32. The van der Waals surface area contributed by atoms with E-state index in [-0.39, 0.29) is 11.8 Å². The van der Waals surface area contributed by atoms with Crippen molar-refractivity contribution in [1.82, 2.24) is 5.43 Å². The van der Waals surface area contributed by atoms with Crippen molar-refractivity contribution >= 4 is 12.1 Å². The number of hydrazone groups is 1. The lowest BCUT2D eigenvalue weighted by atomic mass is 9.88. The van der Waals surface area contributed by atoms with E-state index in [0.717, 1.165) is 24.2 Å². The van der Waals surface area contributed by atoms with E-state index < -0.39 is 0 Å². The zero-order valence-corrected chi connectivity index (χ0v) is 11.6. The number of fused-ring (bicyclic) bond motifs is 4. The molecule has 0 aliphatic heterocycles. The van der Waals surface area contributed by atoms with Crippen molar-refractivity contribution in [2.45, 2.75) is 51.4 Å². The topological polar surface area (TPSA) is 41.5 Å². The predicted molar refractivity (Wildman–Crippen MR) is 74.5 cm³/mol. The van der Waals surface area contributed by atoms with Crippen LogP contribution in [0.4, 0.5) is 0 Å². The van der Waals surface area contributed by atoms with Crippen molar-refractivity contribution < 1.29 is 4.79 Å². The highest BCUT2D eigenvalue weighted by molar-refractivity contribution is 5.80. The van der Waals surface area contributed by atoms with E-state index >= 15 is 0 Å². The van der Waals surface area contributed by atoms with Crippen LogP contribution in [0, 0.1) is 35.5 Å². The van der Waals surface area contributed by atoms with E-state index in [1.807, 2.05) is 6.21 Å². The molecule has 4 rings (SSSR count). The monoisotopic (exact) mass is 260 g/mol. The summed E-state index contributed by atoms with van der Waals surface area (Å²) in [7, 11) is 0. The standard InChI is InChI=1S/C16H24N2O/c19-16(15-8-11-2-4-13(15)6-11)18-17-9-14-7-10-1-3-12(14)5-10/h9-15H,1-8H2,(H,18,19)/t10-,11-,12-,13-,14+,15-/m0/s1. The molecule has 0 aromatic rings. The summed E-state index contributed by atoms with van der Waals surface area (Å²) in [6.45, 7) is 0. The summed E-state index contributed by atoms with van der Waals surface area (Å²) in [6, 6.07) is 0. The third-order valence-electron chi connectivity index (χ3n) is 6.31. The Hall–Kier alpha value is -0.860. The Labute approximate surface area is 115 Å². The molecular formula is C16H24N2O. The van der Waals surface area contributed by atoms with Crippen LogP contribution in [0.5, 0.6) is 0 Å². The number of hydrogen-bond acceptors (Lipinski definition) is 2. The maximum Gasteiger partial charge on any atom is 0.243 e. The van der Waals surface area contributed by atoms with Crippen LogP contribution in [0.25, 0.3) is 0 Å². The molecule has 1 N–H and O–H groups in total. The second-order valence-corrected chi connectivity index (χ2v) is 7.37. The number of hydrogen-bond donors (Lipinski definition) is 1. The fraction of sp³-hybridized carbons (Fsp3) is 0.875. The van der Waals surface area contributed by atoms with Gasteiger partial charge in [0.15, 0.2) is 0 Å². The summed E-state index contributed by atoms with van der Waals surface area (Å²) in [6.07, 6.45) is 12.5. The molecule has 4 aliphatic rings. The summed E-state index contributed by atoms with van der Waals surface area (Å²) in [5, 5.41) is 4.28. The number of nitrogens with zero attached hydrogens (tertiary/aromatic N) is 1. The molecule has 3 nitrogen and oxygen atoms in total. The Bertz CT molecular complexity index is 406. The lowest BCUT2D eigenvalue weighted by Crippen LogP contribution is -2.31. The van der Waals surface area contributed by atoms with Crippen molar-refractivity contribution in [2.75, 3.05) is 0 Å². The van der Waals surface area contributed by atoms with Gasteiger partial charge in [-0.15, -0.1) is 0 Å². The Morgan fingerprint density at radius 3 is 2.26 bits per heavy atom. The molecule has 0 unspecified atom stereocenters. The molecule has 4 saturated carbocycles. The Balaban J connectivity index is 1.29. The van der Waals surface area contributed by atoms with Gasteiger partial charge in [-0.1, -0.05) is 12.8 Å². The third-order valence-corrected chi connectivity index (χ3v) is 6.31. The lowest BCUT2D eigenvalue weighted by Gasteiger charge is -2.20. The first-order valence-electron chi connectivity index (χ1n) is 8.12. The SMILES string of the molecule is O=C(NN=C[C@H]1C[C@H]2CC[C@H]1C2)[C@H]1C[C@H]2CC[C@H]1C2. The summed E-state index contributed by atoms with van der Waals surface area (Å²) in [5.41, 5.74) is 2.83. The van der Waals surface area contributed by atoms with Gasteiger partial charge in [0, 0.05) is 12.1 Å². The first-order valence-corrected chi connectivity index (χ1v) is 8.12. The molecule has 0 saturated heterocycles. The zero-order valence-electron chi connectivity index (χ0n) is 11.6. The van der Waals surface area contributed by atoms with E-state index in [2.05, 4.69) is 10.5 Å². The van der Waals surface area contributed by atoms with Crippen molar-refractivity contribution in [1.29, 1.82) is 0 Å². The first-order chi connectivity index (χ1) is 9.29. The molecule has 0 aromatic heterocycles. The van der Waals surface area contributed by atoms with Crippen LogP contribution in [-0.4, -0.2) is 12.1 Å². The van der Waals surface area contributed by atoms with Crippen LogP contribution >= 0.6 is 0 Å². The van der Waals surface area contributed by atoms with Gasteiger partial charge in [-0.05, 0) is 68.1 Å². The second kappa shape index (κ2) is 4.60. The molecule has 4 bridgehead atoms. The highest BCUT2D eigenvalue weighted by Gasteiger charge is 2.43. The molecular weight excluding hydrogens is 236 g/mol. The van der Waals surface area contributed by atoms with E-state index in [0.29, 0.717) is 11.8 Å². The van der Waals surface area contributed by atoms with Gasteiger partial charge in [0.2, 0.25) is 5.91 Å². The number of carbonyl (C=O) groups excluding carboxylic acids is 1. The minimum Gasteiger partial charge on any atom is -0.273 e. The van der Waals surface area contributed by atoms with Gasteiger partial charge >= 0.3 is 0 Å². The molecule has 104 valence electrons. The van der Waals surface area contributed by atoms with Crippen LogP contribution in [0.15, 0.2) is 5.10 Å². The fourth-order valence-electron chi connectivity index (χ4n) is 5.32. The summed E-state index contributed by atoms with van der Waals surface area (Å²) < 4.78 is 0. The third kappa shape index (κ3) is 2.11. The van der Waals surface area contributed by atoms with Gasteiger partial charge in [-0.2, -0.15) is 5.10 Å². The Morgan fingerprint density at radius 2 is 1.68 bits per heavy atom. The summed E-state index contributed by atoms with van der Waals surface area (Å²) in [4.78, 5) is 12.1. The van der Waals surface area contributed by atoms with Crippen molar-refractivity contribution in [3.05, 3.63) is 0 Å². The molecule has 1 amide bonds. The highest BCUT2D eigenvalue weighted by Crippen LogP contribution is 2.48. The quantitative estimate of drug-likeness (QED) is 0.615. The maximum atomic E-state index is 12.1. The number of amides is 1. The minimum atomic E-state index is 0.187. The molecule has 0 radical (unpaired) electrons. The van der Waals surface area contributed by atoms with Crippen LogP contribution < -0.4 is 5.43 Å². The number of nitrogens with one attached hydrogen (secondary N) is 1. The van der Waals surface area contributed by atoms with E-state index in [9.17, 15) is 4.79 Å². The predicted octanol–water partition coefficient (Wildman–Crippen LogP) is 2.96. The second-order valence-electron chi connectivity index (χ2n) is 7.37. The van der Waals surface area contributed by atoms with Gasteiger partial charge in [0.25, 0.3) is 0 Å². The smallest absolute Gasteiger partial charge is 0.243 e. The van der Waals surface area contributed by atoms with Gasteiger partial charge in [-0.3, -0.25) is 4.79 Å². The molecule has 0 spiro atoms. The lowest BCUT2D eigenvalue weighted by molar-refractivity contribution is -0.126. The molecule has 3 heteroatoms. The zero-order chi connectivity index (χ0) is 12.8. The number of rotatable bonds is 3. The Kier molecular flexibility index (Phi) is 2.89.